The molecule has 0 aliphatic carbocycles. The number of carbonyl (C=O) groups excluding carboxylic acids is 1. The van der Waals surface area contributed by atoms with Gasteiger partial charge < -0.3 is 14.3 Å². The molecule has 0 saturated carbocycles. The minimum absolute atomic E-state index is 0.0120. The van der Waals surface area contributed by atoms with Gasteiger partial charge in [-0.05, 0) is 35.9 Å². The lowest BCUT2D eigenvalue weighted by molar-refractivity contribution is 0.0971. The van der Waals surface area contributed by atoms with Crippen LogP contribution in [0.3, 0.4) is 0 Å². The normalized spacial score (nSPS) is 15.6. The number of carbonyl (C=O) groups is 1. The number of thiazole rings is 1. The second kappa shape index (κ2) is 6.96. The van der Waals surface area contributed by atoms with Crippen molar-refractivity contribution in [1.82, 2.24) is 4.98 Å². The number of nitrogens with zero attached hydrogens (tertiary/aromatic N) is 2. The number of hydrogen-bond donors (Lipinski definition) is 1. The van der Waals surface area contributed by atoms with Gasteiger partial charge in [-0.25, -0.2) is 4.98 Å². The molecule has 5 rings (SSSR count). The van der Waals surface area contributed by atoms with Gasteiger partial charge in [-0.2, -0.15) is 0 Å². The van der Waals surface area contributed by atoms with E-state index < -0.39 is 11.9 Å². The molecule has 1 aliphatic heterocycles. The van der Waals surface area contributed by atoms with E-state index in [4.69, 9.17) is 9.15 Å². The van der Waals surface area contributed by atoms with E-state index in [2.05, 4.69) is 20.9 Å². The van der Waals surface area contributed by atoms with E-state index in [1.807, 2.05) is 0 Å². The summed E-state index contributed by atoms with van der Waals surface area (Å²) in [7, 11) is 1.44. The summed E-state index contributed by atoms with van der Waals surface area (Å²) in [5.41, 5.74) is 0.859. The Bertz CT molecular complexity index is 1370. The lowest BCUT2D eigenvalue weighted by Crippen LogP contribution is -2.29. The topological polar surface area (TPSA) is 92.9 Å². The zero-order valence-corrected chi connectivity index (χ0v) is 17.9. The maximum atomic E-state index is 13.5. The number of rotatable bonds is 3. The lowest BCUT2D eigenvalue weighted by atomic mass is 9.98. The van der Waals surface area contributed by atoms with Crippen molar-refractivity contribution in [2.45, 2.75) is 6.04 Å². The summed E-state index contributed by atoms with van der Waals surface area (Å²) in [4.78, 5) is 32.5. The van der Waals surface area contributed by atoms with E-state index in [0.717, 1.165) is 4.47 Å². The molecule has 7 nitrogen and oxygen atoms in total. The van der Waals surface area contributed by atoms with Crippen molar-refractivity contribution in [3.63, 3.8) is 0 Å². The van der Waals surface area contributed by atoms with Crippen molar-refractivity contribution in [2.24, 2.45) is 0 Å². The van der Waals surface area contributed by atoms with Crippen molar-refractivity contribution in [3.05, 3.63) is 79.6 Å². The second-order valence-corrected chi connectivity index (χ2v) is 8.43. The molecular formula is C21H13BrN2O5S. The lowest BCUT2D eigenvalue weighted by Gasteiger charge is -2.23. The molecule has 0 spiro atoms. The first kappa shape index (κ1) is 18.8. The Balaban J connectivity index is 1.83. The number of methoxy groups -OCH3 is 1. The summed E-state index contributed by atoms with van der Waals surface area (Å²) >= 11 is 4.66. The minimum Gasteiger partial charge on any atom is -0.504 e. The highest BCUT2D eigenvalue weighted by Crippen LogP contribution is 2.43. The van der Waals surface area contributed by atoms with Gasteiger partial charge in [0.15, 0.2) is 22.1 Å². The van der Waals surface area contributed by atoms with Crippen LogP contribution in [0.5, 0.6) is 11.5 Å². The van der Waals surface area contributed by atoms with E-state index in [1.165, 1.54) is 29.4 Å². The Labute approximate surface area is 182 Å². The fraction of sp³-hybridized carbons (Fsp3) is 0.0952. The Morgan fingerprint density at radius 3 is 2.80 bits per heavy atom. The van der Waals surface area contributed by atoms with E-state index in [1.54, 1.807) is 41.9 Å². The highest BCUT2D eigenvalue weighted by Gasteiger charge is 2.45. The van der Waals surface area contributed by atoms with Gasteiger partial charge in [-0.3, -0.25) is 14.5 Å². The SMILES string of the molecule is COc1cc(C2c3c(oc4ccc(Br)cc4c3=O)C(=O)N2c2nccs2)ccc1O. The van der Waals surface area contributed by atoms with Crippen LogP contribution < -0.4 is 15.1 Å². The molecule has 150 valence electrons. The number of aromatic nitrogens is 1. The molecule has 4 aromatic rings. The zero-order valence-electron chi connectivity index (χ0n) is 15.5. The summed E-state index contributed by atoms with van der Waals surface area (Å²) in [6.45, 7) is 0. The number of phenols is 1. The summed E-state index contributed by atoms with van der Waals surface area (Å²) in [6, 6.07) is 9.02. The largest absolute Gasteiger partial charge is 0.504 e. The van der Waals surface area contributed by atoms with Gasteiger partial charge in [0.2, 0.25) is 5.76 Å². The van der Waals surface area contributed by atoms with Gasteiger partial charge in [0, 0.05) is 16.0 Å². The number of phenolic OH excluding ortho intramolecular Hbond substituents is 1. The number of benzene rings is 2. The van der Waals surface area contributed by atoms with Gasteiger partial charge in [0.25, 0.3) is 5.91 Å². The Kier molecular flexibility index (Phi) is 4.37. The van der Waals surface area contributed by atoms with Crippen molar-refractivity contribution in [1.29, 1.82) is 0 Å². The molecule has 2 aromatic heterocycles. The van der Waals surface area contributed by atoms with Crippen LogP contribution in [-0.4, -0.2) is 23.1 Å². The highest BCUT2D eigenvalue weighted by atomic mass is 79.9. The number of hydrogen-bond acceptors (Lipinski definition) is 7. The quantitative estimate of drug-likeness (QED) is 0.460. The highest BCUT2D eigenvalue weighted by molar-refractivity contribution is 9.10. The first-order valence-corrected chi connectivity index (χ1v) is 10.5. The number of ether oxygens (including phenoxy) is 1. The first-order valence-electron chi connectivity index (χ1n) is 8.86. The molecule has 1 unspecified atom stereocenters. The van der Waals surface area contributed by atoms with E-state index in [0.29, 0.717) is 21.7 Å². The fourth-order valence-corrected chi connectivity index (χ4v) is 4.69. The molecule has 9 heteroatoms. The average Bonchev–Trinajstić information content (AvgIpc) is 3.36. The van der Waals surface area contributed by atoms with Gasteiger partial charge in [-0.1, -0.05) is 22.0 Å². The van der Waals surface area contributed by atoms with Crippen LogP contribution in [0.2, 0.25) is 0 Å². The van der Waals surface area contributed by atoms with Crippen molar-refractivity contribution in [3.8, 4) is 11.5 Å². The summed E-state index contributed by atoms with van der Waals surface area (Å²) in [6.07, 6.45) is 1.59. The first-order chi connectivity index (χ1) is 14.5. The number of halogens is 1. The number of anilines is 1. The predicted molar refractivity (Wildman–Crippen MR) is 116 cm³/mol. The van der Waals surface area contributed by atoms with Crippen LogP contribution in [0.1, 0.15) is 27.7 Å². The molecule has 0 saturated heterocycles. The van der Waals surface area contributed by atoms with Gasteiger partial charge in [0.1, 0.15) is 5.58 Å². The molecule has 30 heavy (non-hydrogen) atoms. The molecule has 0 radical (unpaired) electrons. The zero-order chi connectivity index (χ0) is 21.0. The average molecular weight is 485 g/mol. The van der Waals surface area contributed by atoms with Crippen LogP contribution in [-0.2, 0) is 0 Å². The number of amides is 1. The Morgan fingerprint density at radius 2 is 2.07 bits per heavy atom. The third-order valence-corrected chi connectivity index (χ3v) is 6.24. The van der Waals surface area contributed by atoms with E-state index in [-0.39, 0.29) is 28.3 Å². The van der Waals surface area contributed by atoms with Crippen LogP contribution in [0.15, 0.2) is 61.7 Å². The number of aromatic hydroxyl groups is 1. The van der Waals surface area contributed by atoms with Crippen molar-refractivity contribution >= 4 is 49.3 Å². The summed E-state index contributed by atoms with van der Waals surface area (Å²) < 4.78 is 11.9. The van der Waals surface area contributed by atoms with Crippen LogP contribution >= 0.6 is 27.3 Å². The Hall–Kier alpha value is -3.17. The maximum Gasteiger partial charge on any atom is 0.297 e. The summed E-state index contributed by atoms with van der Waals surface area (Å²) in [5, 5.41) is 12.6. The minimum atomic E-state index is -0.771. The van der Waals surface area contributed by atoms with Crippen molar-refractivity contribution < 1.29 is 19.1 Å². The fourth-order valence-electron chi connectivity index (χ4n) is 3.66. The van der Waals surface area contributed by atoms with Crippen LogP contribution in [0, 0.1) is 0 Å². The second-order valence-electron chi connectivity index (χ2n) is 6.64. The van der Waals surface area contributed by atoms with E-state index >= 15 is 0 Å². The van der Waals surface area contributed by atoms with Gasteiger partial charge >= 0.3 is 0 Å². The maximum absolute atomic E-state index is 13.5. The third kappa shape index (κ3) is 2.73. The molecule has 2 aromatic carbocycles. The van der Waals surface area contributed by atoms with Crippen LogP contribution in [0.25, 0.3) is 11.0 Å². The molecule has 1 atom stereocenters. The third-order valence-electron chi connectivity index (χ3n) is 4.98. The smallest absolute Gasteiger partial charge is 0.297 e. The molecule has 1 N–H and O–H groups in total. The van der Waals surface area contributed by atoms with Gasteiger partial charge in [-0.15, -0.1) is 11.3 Å². The molecule has 0 fully saturated rings. The molecule has 1 aliphatic rings. The standard InChI is InChI=1S/C21H13BrN2O5S/c1-28-15-8-10(2-4-13(15)25)17-16-18(26)12-9-11(22)3-5-14(12)29-19(16)20(27)24(17)21-23-6-7-30-21/h2-9,17,25H,1H3. The summed E-state index contributed by atoms with van der Waals surface area (Å²) in [5.74, 6) is -0.262. The van der Waals surface area contributed by atoms with Crippen LogP contribution in [0.4, 0.5) is 5.13 Å². The number of fused-ring (bicyclic) bond motifs is 2. The molecular weight excluding hydrogens is 472 g/mol. The van der Waals surface area contributed by atoms with E-state index in [9.17, 15) is 14.7 Å². The predicted octanol–water partition coefficient (Wildman–Crippen LogP) is 4.48. The van der Waals surface area contributed by atoms with Gasteiger partial charge in [0.05, 0.1) is 24.1 Å². The van der Waals surface area contributed by atoms with Crippen molar-refractivity contribution in [2.75, 3.05) is 12.0 Å². The molecule has 3 heterocycles. The molecule has 1 amide bonds. The Morgan fingerprint density at radius 1 is 1.23 bits per heavy atom. The monoisotopic (exact) mass is 484 g/mol. The molecule has 0 bridgehead atoms.